The van der Waals surface area contributed by atoms with Crippen molar-refractivity contribution in [2.24, 2.45) is 0 Å². The minimum absolute atomic E-state index is 0.215. The molecular formula is C21H17NO5. The second-order valence-corrected chi connectivity index (χ2v) is 6.01. The lowest BCUT2D eigenvalue weighted by Gasteiger charge is -2.19. The van der Waals surface area contributed by atoms with Crippen molar-refractivity contribution >= 4 is 28.7 Å². The molecule has 3 aromatic rings. The molecule has 1 amide bonds. The molecule has 136 valence electrons. The lowest BCUT2D eigenvalue weighted by atomic mass is 10.0. The number of fused-ring (bicyclic) bond motifs is 2. The summed E-state index contributed by atoms with van der Waals surface area (Å²) in [5.41, 5.74) is 1.02. The lowest BCUT2D eigenvalue weighted by Crippen LogP contribution is -2.21. The Bertz CT molecular complexity index is 1010. The monoisotopic (exact) mass is 363 g/mol. The Morgan fingerprint density at radius 1 is 1.04 bits per heavy atom. The summed E-state index contributed by atoms with van der Waals surface area (Å²) in [4.78, 5) is 23.7. The number of hydrogen-bond donors (Lipinski definition) is 1. The maximum Gasteiger partial charge on any atom is 0.262 e. The Morgan fingerprint density at radius 3 is 2.70 bits per heavy atom. The molecule has 0 aromatic heterocycles. The fraction of sp³-hybridized carbons (Fsp3) is 0.143. The highest BCUT2D eigenvalue weighted by molar-refractivity contribution is 6.01. The standard InChI is InChI=1S/C21H17NO5/c23-12-17-16-4-2-1-3-14(16)5-7-18(17)27-13-21(24)22-15-6-8-19-20(11-15)26-10-9-25-19/h1-8,11-12H,9-10,13H2,(H,22,24). The third kappa shape index (κ3) is 3.55. The fourth-order valence-corrected chi connectivity index (χ4v) is 2.98. The second-order valence-electron chi connectivity index (χ2n) is 6.01. The van der Waals surface area contributed by atoms with E-state index in [-0.39, 0.29) is 12.5 Å². The second kappa shape index (κ2) is 7.37. The molecule has 1 aliphatic rings. The van der Waals surface area contributed by atoms with Crippen molar-refractivity contribution in [1.29, 1.82) is 0 Å². The summed E-state index contributed by atoms with van der Waals surface area (Å²) in [5, 5.41) is 4.48. The minimum atomic E-state index is -0.336. The van der Waals surface area contributed by atoms with Gasteiger partial charge in [-0.3, -0.25) is 9.59 Å². The maximum atomic E-state index is 12.2. The highest BCUT2D eigenvalue weighted by Crippen LogP contribution is 2.32. The molecule has 0 saturated heterocycles. The van der Waals surface area contributed by atoms with Gasteiger partial charge in [0.05, 0.1) is 5.56 Å². The molecule has 0 bridgehead atoms. The molecule has 0 aliphatic carbocycles. The van der Waals surface area contributed by atoms with Crippen molar-refractivity contribution in [3.8, 4) is 17.2 Å². The van der Waals surface area contributed by atoms with E-state index in [9.17, 15) is 9.59 Å². The smallest absolute Gasteiger partial charge is 0.262 e. The van der Waals surface area contributed by atoms with Crippen LogP contribution in [0.4, 0.5) is 5.69 Å². The summed E-state index contributed by atoms with van der Waals surface area (Å²) in [5.74, 6) is 1.29. The number of amides is 1. The molecule has 0 saturated carbocycles. The van der Waals surface area contributed by atoms with Crippen LogP contribution in [0.15, 0.2) is 54.6 Å². The summed E-state index contributed by atoms with van der Waals surface area (Å²) in [6.45, 7) is 0.773. The van der Waals surface area contributed by atoms with Gasteiger partial charge in [0, 0.05) is 11.8 Å². The molecule has 1 aliphatic heterocycles. The first-order valence-corrected chi connectivity index (χ1v) is 8.54. The van der Waals surface area contributed by atoms with Gasteiger partial charge in [0.2, 0.25) is 0 Å². The molecule has 27 heavy (non-hydrogen) atoms. The number of aldehydes is 1. The van der Waals surface area contributed by atoms with E-state index in [4.69, 9.17) is 14.2 Å². The van der Waals surface area contributed by atoms with Gasteiger partial charge in [-0.2, -0.15) is 0 Å². The largest absolute Gasteiger partial charge is 0.486 e. The third-order valence-corrected chi connectivity index (χ3v) is 4.23. The molecule has 1 N–H and O–H groups in total. The average Bonchev–Trinajstić information content (AvgIpc) is 2.71. The van der Waals surface area contributed by atoms with Crippen molar-refractivity contribution in [3.63, 3.8) is 0 Å². The van der Waals surface area contributed by atoms with Gasteiger partial charge in [-0.05, 0) is 29.0 Å². The van der Waals surface area contributed by atoms with Crippen LogP contribution in [0.1, 0.15) is 10.4 Å². The number of benzene rings is 3. The van der Waals surface area contributed by atoms with Gasteiger partial charge in [0.25, 0.3) is 5.91 Å². The minimum Gasteiger partial charge on any atom is -0.486 e. The first-order chi connectivity index (χ1) is 13.2. The lowest BCUT2D eigenvalue weighted by molar-refractivity contribution is -0.118. The predicted molar refractivity (Wildman–Crippen MR) is 101 cm³/mol. The molecule has 0 atom stereocenters. The third-order valence-electron chi connectivity index (χ3n) is 4.23. The van der Waals surface area contributed by atoms with Gasteiger partial charge in [-0.1, -0.05) is 30.3 Å². The van der Waals surface area contributed by atoms with Crippen LogP contribution in [0.3, 0.4) is 0 Å². The summed E-state index contributed by atoms with van der Waals surface area (Å²) in [6.07, 6.45) is 0.746. The first-order valence-electron chi connectivity index (χ1n) is 8.54. The number of ether oxygens (including phenoxy) is 3. The zero-order valence-corrected chi connectivity index (χ0v) is 14.4. The van der Waals surface area contributed by atoms with Crippen LogP contribution in [0.2, 0.25) is 0 Å². The van der Waals surface area contributed by atoms with E-state index in [2.05, 4.69) is 5.32 Å². The van der Waals surface area contributed by atoms with Crippen LogP contribution in [0, 0.1) is 0 Å². The van der Waals surface area contributed by atoms with Crippen molar-refractivity contribution in [2.45, 2.75) is 0 Å². The maximum absolute atomic E-state index is 12.2. The normalized spacial score (nSPS) is 12.4. The van der Waals surface area contributed by atoms with E-state index in [1.165, 1.54) is 0 Å². The topological polar surface area (TPSA) is 73.9 Å². The molecule has 0 radical (unpaired) electrons. The molecule has 1 heterocycles. The van der Waals surface area contributed by atoms with Gasteiger partial charge >= 0.3 is 0 Å². The molecule has 6 nitrogen and oxygen atoms in total. The Morgan fingerprint density at radius 2 is 1.85 bits per heavy atom. The Hall–Kier alpha value is -3.54. The van der Waals surface area contributed by atoms with E-state index in [0.717, 1.165) is 17.1 Å². The van der Waals surface area contributed by atoms with E-state index >= 15 is 0 Å². The van der Waals surface area contributed by atoms with Crippen LogP contribution >= 0.6 is 0 Å². The number of carbonyl (C=O) groups excluding carboxylic acids is 2. The van der Waals surface area contributed by atoms with Crippen LogP contribution < -0.4 is 19.5 Å². The van der Waals surface area contributed by atoms with Gasteiger partial charge in [-0.25, -0.2) is 0 Å². The zero-order chi connectivity index (χ0) is 18.6. The van der Waals surface area contributed by atoms with Crippen LogP contribution in [0.5, 0.6) is 17.2 Å². The molecule has 6 heteroatoms. The van der Waals surface area contributed by atoms with E-state index in [1.54, 1.807) is 24.3 Å². The van der Waals surface area contributed by atoms with Crippen molar-refractivity contribution in [1.82, 2.24) is 0 Å². The van der Waals surface area contributed by atoms with Gasteiger partial charge in [-0.15, -0.1) is 0 Å². The van der Waals surface area contributed by atoms with E-state index < -0.39 is 0 Å². The zero-order valence-electron chi connectivity index (χ0n) is 14.4. The summed E-state index contributed by atoms with van der Waals surface area (Å²) >= 11 is 0. The number of nitrogens with one attached hydrogen (secondary N) is 1. The number of rotatable bonds is 5. The molecule has 0 spiro atoms. The predicted octanol–water partition coefficient (Wildman–Crippen LogP) is 3.44. The first kappa shape index (κ1) is 16.9. The number of carbonyl (C=O) groups is 2. The molecule has 0 unspecified atom stereocenters. The van der Waals surface area contributed by atoms with Gasteiger partial charge in [0.1, 0.15) is 19.0 Å². The van der Waals surface area contributed by atoms with E-state index in [0.29, 0.717) is 41.7 Å². The van der Waals surface area contributed by atoms with Gasteiger partial charge < -0.3 is 19.5 Å². The van der Waals surface area contributed by atoms with Crippen LogP contribution in [-0.4, -0.2) is 32.0 Å². The molecular weight excluding hydrogens is 346 g/mol. The van der Waals surface area contributed by atoms with Crippen molar-refractivity contribution < 1.29 is 23.8 Å². The number of hydrogen-bond acceptors (Lipinski definition) is 5. The summed E-state index contributed by atoms with van der Waals surface area (Å²) in [7, 11) is 0. The van der Waals surface area contributed by atoms with Gasteiger partial charge in [0.15, 0.2) is 24.4 Å². The SMILES string of the molecule is O=Cc1c(OCC(=O)Nc2ccc3c(c2)OCCO3)ccc2ccccc12. The average molecular weight is 363 g/mol. The summed E-state index contributed by atoms with van der Waals surface area (Å²) < 4.78 is 16.5. The van der Waals surface area contributed by atoms with Crippen molar-refractivity contribution in [2.75, 3.05) is 25.1 Å². The van der Waals surface area contributed by atoms with Crippen molar-refractivity contribution in [3.05, 3.63) is 60.2 Å². The Kier molecular flexibility index (Phi) is 4.61. The van der Waals surface area contributed by atoms with E-state index in [1.807, 2.05) is 30.3 Å². The highest BCUT2D eigenvalue weighted by atomic mass is 16.6. The number of anilines is 1. The Balaban J connectivity index is 1.45. The van der Waals surface area contributed by atoms with Crippen LogP contribution in [0.25, 0.3) is 10.8 Å². The van der Waals surface area contributed by atoms with Crippen LogP contribution in [-0.2, 0) is 4.79 Å². The summed E-state index contributed by atoms with van der Waals surface area (Å²) in [6, 6.07) is 16.3. The Labute approximate surface area is 155 Å². The molecule has 3 aromatic carbocycles. The fourth-order valence-electron chi connectivity index (χ4n) is 2.98. The quantitative estimate of drug-likeness (QED) is 0.703. The molecule has 0 fully saturated rings. The molecule has 4 rings (SSSR count). The highest BCUT2D eigenvalue weighted by Gasteiger charge is 2.14.